The largest absolute Gasteiger partial charge is 0.292 e. The molecule has 2 aromatic carbocycles. The summed E-state index contributed by atoms with van der Waals surface area (Å²) in [4.78, 5) is 14.2. The summed E-state index contributed by atoms with van der Waals surface area (Å²) in [6, 6.07) is 13.1. The Labute approximate surface area is 129 Å². The molecule has 110 valence electrons. The van der Waals surface area contributed by atoms with Crippen LogP contribution in [0.15, 0.2) is 48.5 Å². The number of Topliss-reactive ketones (excluding diaryl/α,β-unsaturated/α-hetero) is 1. The number of carbonyl (C=O) groups excluding carboxylic acids is 1. The van der Waals surface area contributed by atoms with Crippen molar-refractivity contribution in [3.63, 3.8) is 0 Å². The Kier molecular flexibility index (Phi) is 5.10. The van der Waals surface area contributed by atoms with Crippen LogP contribution in [-0.2, 0) is 6.54 Å². The SMILES string of the molecule is CC(C(=O)c1ccc(Cl)cc1)N(C)Cc1ccccc1F. The number of halogens is 2. The zero-order valence-electron chi connectivity index (χ0n) is 12.0. The van der Waals surface area contributed by atoms with Gasteiger partial charge in [0, 0.05) is 22.7 Å². The number of nitrogens with zero attached hydrogens (tertiary/aromatic N) is 1. The van der Waals surface area contributed by atoms with Gasteiger partial charge in [-0.25, -0.2) is 4.39 Å². The molecule has 2 nitrogen and oxygen atoms in total. The minimum Gasteiger partial charge on any atom is -0.292 e. The van der Waals surface area contributed by atoms with E-state index in [4.69, 9.17) is 11.6 Å². The van der Waals surface area contributed by atoms with Crippen molar-refractivity contribution in [2.45, 2.75) is 19.5 Å². The molecule has 0 amide bonds. The van der Waals surface area contributed by atoms with Gasteiger partial charge >= 0.3 is 0 Å². The van der Waals surface area contributed by atoms with Crippen molar-refractivity contribution in [2.75, 3.05) is 7.05 Å². The van der Waals surface area contributed by atoms with Crippen LogP contribution in [0.2, 0.25) is 5.02 Å². The summed E-state index contributed by atoms with van der Waals surface area (Å²) in [7, 11) is 1.81. The molecule has 2 rings (SSSR count). The van der Waals surface area contributed by atoms with E-state index in [1.54, 1.807) is 42.5 Å². The van der Waals surface area contributed by atoms with Crippen molar-refractivity contribution in [3.05, 3.63) is 70.5 Å². The molecule has 0 heterocycles. The standard InChI is InChI=1S/C17H17ClFNO/c1-12(17(21)13-7-9-15(18)10-8-13)20(2)11-14-5-3-4-6-16(14)19/h3-10,12H,11H2,1-2H3. The zero-order valence-corrected chi connectivity index (χ0v) is 12.8. The molecule has 0 spiro atoms. The van der Waals surface area contributed by atoms with Gasteiger partial charge < -0.3 is 0 Å². The summed E-state index contributed by atoms with van der Waals surface area (Å²) in [5.41, 5.74) is 1.18. The molecular weight excluding hydrogens is 289 g/mol. The summed E-state index contributed by atoms with van der Waals surface area (Å²) >= 11 is 5.82. The first-order valence-corrected chi connectivity index (χ1v) is 7.10. The molecule has 0 saturated carbocycles. The first-order chi connectivity index (χ1) is 9.99. The van der Waals surface area contributed by atoms with Crippen LogP contribution in [0, 0.1) is 5.82 Å². The van der Waals surface area contributed by atoms with Gasteiger partial charge in [-0.15, -0.1) is 0 Å². The van der Waals surface area contributed by atoms with Crippen LogP contribution in [0.1, 0.15) is 22.8 Å². The molecule has 0 saturated heterocycles. The number of ketones is 1. The number of benzene rings is 2. The Bertz CT molecular complexity index is 627. The molecule has 1 unspecified atom stereocenters. The first-order valence-electron chi connectivity index (χ1n) is 6.72. The minimum atomic E-state index is -0.342. The number of rotatable bonds is 5. The van der Waals surface area contributed by atoms with E-state index in [1.807, 2.05) is 18.9 Å². The summed E-state index contributed by atoms with van der Waals surface area (Å²) < 4.78 is 13.7. The van der Waals surface area contributed by atoms with Gasteiger partial charge in [-0.3, -0.25) is 9.69 Å². The molecule has 0 fully saturated rings. The van der Waals surface area contributed by atoms with E-state index < -0.39 is 0 Å². The second kappa shape index (κ2) is 6.83. The molecule has 0 bridgehead atoms. The van der Waals surface area contributed by atoms with Crippen molar-refractivity contribution < 1.29 is 9.18 Å². The third-order valence-corrected chi connectivity index (χ3v) is 3.80. The monoisotopic (exact) mass is 305 g/mol. The van der Waals surface area contributed by atoms with Crippen LogP contribution in [0.3, 0.4) is 0 Å². The minimum absolute atomic E-state index is 0.00879. The molecule has 0 radical (unpaired) electrons. The maximum Gasteiger partial charge on any atom is 0.179 e. The Morgan fingerprint density at radius 2 is 1.81 bits per heavy atom. The topological polar surface area (TPSA) is 20.3 Å². The van der Waals surface area contributed by atoms with Gasteiger partial charge in [0.05, 0.1) is 6.04 Å². The Morgan fingerprint density at radius 1 is 1.19 bits per heavy atom. The Hall–Kier alpha value is -1.71. The van der Waals surface area contributed by atoms with Crippen molar-refractivity contribution in [1.82, 2.24) is 4.90 Å². The Morgan fingerprint density at radius 3 is 2.43 bits per heavy atom. The lowest BCUT2D eigenvalue weighted by Crippen LogP contribution is -2.35. The van der Waals surface area contributed by atoms with Crippen molar-refractivity contribution in [3.8, 4) is 0 Å². The van der Waals surface area contributed by atoms with Gasteiger partial charge in [0.2, 0.25) is 0 Å². The van der Waals surface area contributed by atoms with Crippen LogP contribution in [0.4, 0.5) is 4.39 Å². The third-order valence-electron chi connectivity index (χ3n) is 3.55. The predicted molar refractivity (Wildman–Crippen MR) is 83.1 cm³/mol. The summed E-state index contributed by atoms with van der Waals surface area (Å²) in [6.07, 6.45) is 0. The van der Waals surface area contributed by atoms with Crippen molar-refractivity contribution in [1.29, 1.82) is 0 Å². The fraction of sp³-hybridized carbons (Fsp3) is 0.235. The molecule has 0 aliphatic carbocycles. The van der Waals surface area contributed by atoms with Crippen LogP contribution in [0.5, 0.6) is 0 Å². The fourth-order valence-electron chi connectivity index (χ4n) is 2.09. The quantitative estimate of drug-likeness (QED) is 0.772. The molecular formula is C17H17ClFNO. The molecule has 0 aliphatic rings. The second-order valence-corrected chi connectivity index (χ2v) is 5.49. The van der Waals surface area contributed by atoms with E-state index in [1.165, 1.54) is 6.07 Å². The van der Waals surface area contributed by atoms with Crippen LogP contribution < -0.4 is 0 Å². The summed E-state index contributed by atoms with van der Waals surface area (Å²) in [6.45, 7) is 2.20. The van der Waals surface area contributed by atoms with Gasteiger partial charge in [0.1, 0.15) is 5.82 Å². The molecule has 0 N–H and O–H groups in total. The smallest absolute Gasteiger partial charge is 0.179 e. The van der Waals surface area contributed by atoms with Crippen LogP contribution >= 0.6 is 11.6 Å². The van der Waals surface area contributed by atoms with Gasteiger partial charge in [-0.1, -0.05) is 29.8 Å². The normalized spacial score (nSPS) is 12.4. The van der Waals surface area contributed by atoms with Crippen molar-refractivity contribution >= 4 is 17.4 Å². The van der Waals surface area contributed by atoms with Gasteiger partial charge in [0.25, 0.3) is 0 Å². The molecule has 4 heteroatoms. The molecule has 1 atom stereocenters. The van der Waals surface area contributed by atoms with Crippen molar-refractivity contribution in [2.24, 2.45) is 0 Å². The molecule has 0 aromatic heterocycles. The maximum absolute atomic E-state index is 13.7. The van der Waals surface area contributed by atoms with Gasteiger partial charge in [-0.05, 0) is 44.3 Å². The number of hydrogen-bond donors (Lipinski definition) is 0. The average Bonchev–Trinajstić information content (AvgIpc) is 2.49. The first kappa shape index (κ1) is 15.7. The van der Waals surface area contributed by atoms with Gasteiger partial charge in [-0.2, -0.15) is 0 Å². The zero-order chi connectivity index (χ0) is 15.4. The predicted octanol–water partition coefficient (Wildman–Crippen LogP) is 4.18. The van der Waals surface area contributed by atoms with Crippen LogP contribution in [0.25, 0.3) is 0 Å². The lowest BCUT2D eigenvalue weighted by Gasteiger charge is -2.24. The van der Waals surface area contributed by atoms with E-state index in [0.717, 1.165) is 0 Å². The molecule has 2 aromatic rings. The highest BCUT2D eigenvalue weighted by Gasteiger charge is 2.20. The van der Waals surface area contributed by atoms with E-state index in [-0.39, 0.29) is 17.6 Å². The van der Waals surface area contributed by atoms with E-state index in [9.17, 15) is 9.18 Å². The Balaban J connectivity index is 2.08. The highest BCUT2D eigenvalue weighted by Crippen LogP contribution is 2.15. The van der Waals surface area contributed by atoms with E-state index in [0.29, 0.717) is 22.7 Å². The van der Waals surface area contributed by atoms with E-state index in [2.05, 4.69) is 0 Å². The number of likely N-dealkylation sites (N-methyl/N-ethyl adjacent to an activating group) is 1. The molecule has 21 heavy (non-hydrogen) atoms. The second-order valence-electron chi connectivity index (χ2n) is 5.05. The highest BCUT2D eigenvalue weighted by molar-refractivity contribution is 6.30. The summed E-state index contributed by atoms with van der Waals surface area (Å²) in [5, 5.41) is 0.596. The van der Waals surface area contributed by atoms with Crippen LogP contribution in [-0.4, -0.2) is 23.8 Å². The lowest BCUT2D eigenvalue weighted by atomic mass is 10.0. The maximum atomic E-state index is 13.7. The summed E-state index contributed by atoms with van der Waals surface area (Å²) in [5.74, 6) is -0.263. The third kappa shape index (κ3) is 3.90. The fourth-order valence-corrected chi connectivity index (χ4v) is 2.21. The average molecular weight is 306 g/mol. The molecule has 0 aliphatic heterocycles. The van der Waals surface area contributed by atoms with E-state index >= 15 is 0 Å². The highest BCUT2D eigenvalue weighted by atomic mass is 35.5. The lowest BCUT2D eigenvalue weighted by molar-refractivity contribution is 0.0861. The van der Waals surface area contributed by atoms with Gasteiger partial charge in [0.15, 0.2) is 5.78 Å². The number of carbonyl (C=O) groups is 1. The number of hydrogen-bond acceptors (Lipinski definition) is 2.